The molecule has 0 aromatic heterocycles. The molecular weight excluding hydrogens is 317 g/mol. The minimum atomic E-state index is -4.30. The first-order valence-electron chi connectivity index (χ1n) is 7.05. The summed E-state index contributed by atoms with van der Waals surface area (Å²) in [5, 5.41) is 3.12. The summed E-state index contributed by atoms with van der Waals surface area (Å²) in [6.45, 7) is 0.830. The van der Waals surface area contributed by atoms with E-state index < -0.39 is 22.6 Å². The second-order valence-corrected chi connectivity index (χ2v) is 7.34. The average Bonchev–Trinajstić information content (AvgIpc) is 2.46. The zero-order chi connectivity index (χ0) is 16.4. The zero-order valence-corrected chi connectivity index (χ0v) is 13.0. The molecular formula is C14H19F3N2O2S. The highest BCUT2D eigenvalue weighted by Crippen LogP contribution is 2.24. The number of benzene rings is 1. The molecule has 0 amide bonds. The second-order valence-electron chi connectivity index (χ2n) is 5.40. The molecule has 22 heavy (non-hydrogen) atoms. The van der Waals surface area contributed by atoms with Crippen molar-refractivity contribution >= 4 is 10.0 Å². The second kappa shape index (κ2) is 6.55. The lowest BCUT2D eigenvalue weighted by molar-refractivity contribution is -0.127. The molecule has 1 aromatic carbocycles. The summed E-state index contributed by atoms with van der Waals surface area (Å²) >= 11 is 0. The fraction of sp³-hybridized carbons (Fsp3) is 0.571. The molecule has 0 aliphatic carbocycles. The van der Waals surface area contributed by atoms with E-state index in [0.717, 1.165) is 12.8 Å². The Kier molecular flexibility index (Phi) is 5.14. The fourth-order valence-corrected chi connectivity index (χ4v) is 4.01. The van der Waals surface area contributed by atoms with Crippen molar-refractivity contribution in [3.05, 3.63) is 29.8 Å². The highest BCUT2D eigenvalue weighted by atomic mass is 32.2. The summed E-state index contributed by atoms with van der Waals surface area (Å²) in [5.41, 5.74) is 0.0559. The smallest absolute Gasteiger partial charge is 0.317 e. The van der Waals surface area contributed by atoms with Crippen molar-refractivity contribution in [3.63, 3.8) is 0 Å². The number of alkyl halides is 3. The van der Waals surface area contributed by atoms with Crippen molar-refractivity contribution in [3.8, 4) is 0 Å². The summed E-state index contributed by atoms with van der Waals surface area (Å²) in [6.07, 6.45) is -3.90. The molecule has 1 heterocycles. The molecule has 1 aromatic rings. The molecule has 1 aliphatic rings. The summed E-state index contributed by atoms with van der Waals surface area (Å²) in [4.78, 5) is 0.0429. The van der Waals surface area contributed by atoms with Crippen LogP contribution < -0.4 is 5.32 Å². The quantitative estimate of drug-likeness (QED) is 0.917. The van der Waals surface area contributed by atoms with Gasteiger partial charge < -0.3 is 5.32 Å². The third kappa shape index (κ3) is 4.21. The Labute approximate surface area is 128 Å². The van der Waals surface area contributed by atoms with Crippen LogP contribution in [0.4, 0.5) is 13.2 Å². The minimum Gasteiger partial charge on any atom is -0.317 e. The first-order valence-corrected chi connectivity index (χ1v) is 8.49. The van der Waals surface area contributed by atoms with Crippen LogP contribution in [-0.2, 0) is 16.4 Å². The molecule has 0 bridgehead atoms. The Bertz CT molecular complexity index is 592. The summed E-state index contributed by atoms with van der Waals surface area (Å²) < 4.78 is 63.2. The standard InChI is InChI=1S/C14H19F3N2O2S/c1-18-12-6-8-19(9-7-12)22(20,21)13-4-2-11(3-5-13)10-14(15,16)17/h2-5,12,18H,6-10H2,1H3. The predicted octanol–water partition coefficient (Wildman–Crippen LogP) is 2.16. The van der Waals surface area contributed by atoms with Crippen molar-refractivity contribution in [1.29, 1.82) is 0 Å². The molecule has 0 saturated carbocycles. The highest BCUT2D eigenvalue weighted by Gasteiger charge is 2.30. The predicted molar refractivity (Wildman–Crippen MR) is 77.0 cm³/mol. The van der Waals surface area contributed by atoms with Crippen LogP contribution in [0.25, 0.3) is 0 Å². The van der Waals surface area contributed by atoms with Crippen LogP contribution in [0.15, 0.2) is 29.2 Å². The van der Waals surface area contributed by atoms with Crippen LogP contribution >= 0.6 is 0 Å². The molecule has 0 radical (unpaired) electrons. The van der Waals surface area contributed by atoms with Gasteiger partial charge in [-0.3, -0.25) is 0 Å². The lowest BCUT2D eigenvalue weighted by Gasteiger charge is -2.31. The molecule has 0 atom stereocenters. The molecule has 1 fully saturated rings. The Hall–Kier alpha value is -1.12. The van der Waals surface area contributed by atoms with Crippen LogP contribution in [0, 0.1) is 0 Å². The van der Waals surface area contributed by atoms with Gasteiger partial charge in [-0.1, -0.05) is 12.1 Å². The van der Waals surface area contributed by atoms with E-state index in [-0.39, 0.29) is 10.5 Å². The largest absolute Gasteiger partial charge is 0.393 e. The van der Waals surface area contributed by atoms with E-state index in [1.807, 2.05) is 7.05 Å². The van der Waals surface area contributed by atoms with Crippen molar-refractivity contribution in [2.75, 3.05) is 20.1 Å². The maximum Gasteiger partial charge on any atom is 0.393 e. The van der Waals surface area contributed by atoms with E-state index in [4.69, 9.17) is 0 Å². The summed E-state index contributed by atoms with van der Waals surface area (Å²) in [5.74, 6) is 0. The van der Waals surface area contributed by atoms with Gasteiger partial charge in [-0.2, -0.15) is 17.5 Å². The number of nitrogens with one attached hydrogen (secondary N) is 1. The lowest BCUT2D eigenvalue weighted by atomic mass is 10.1. The number of hydrogen-bond acceptors (Lipinski definition) is 3. The third-order valence-corrected chi connectivity index (χ3v) is 5.74. The number of rotatable bonds is 4. The van der Waals surface area contributed by atoms with Gasteiger partial charge >= 0.3 is 6.18 Å². The first kappa shape index (κ1) is 17.2. The molecule has 0 spiro atoms. The van der Waals surface area contributed by atoms with Gasteiger partial charge in [0.15, 0.2) is 0 Å². The monoisotopic (exact) mass is 336 g/mol. The van der Waals surface area contributed by atoms with E-state index in [0.29, 0.717) is 19.1 Å². The van der Waals surface area contributed by atoms with Gasteiger partial charge in [-0.05, 0) is 37.6 Å². The van der Waals surface area contributed by atoms with Crippen molar-refractivity contribution < 1.29 is 21.6 Å². The van der Waals surface area contributed by atoms with Gasteiger partial charge in [-0.25, -0.2) is 8.42 Å². The lowest BCUT2D eigenvalue weighted by Crippen LogP contribution is -2.43. The van der Waals surface area contributed by atoms with E-state index in [1.165, 1.54) is 28.6 Å². The van der Waals surface area contributed by atoms with Gasteiger partial charge in [0.1, 0.15) is 0 Å². The van der Waals surface area contributed by atoms with Gasteiger partial charge in [0.2, 0.25) is 10.0 Å². The van der Waals surface area contributed by atoms with E-state index in [2.05, 4.69) is 5.32 Å². The summed E-state index contributed by atoms with van der Waals surface area (Å²) in [6, 6.07) is 5.25. The van der Waals surface area contributed by atoms with Gasteiger partial charge in [0, 0.05) is 19.1 Å². The maximum absolute atomic E-state index is 12.5. The van der Waals surface area contributed by atoms with Gasteiger partial charge in [0.05, 0.1) is 11.3 Å². The van der Waals surface area contributed by atoms with Crippen LogP contribution in [0.2, 0.25) is 0 Å². The third-order valence-electron chi connectivity index (χ3n) is 3.83. The minimum absolute atomic E-state index is 0.0429. The summed E-state index contributed by atoms with van der Waals surface area (Å²) in [7, 11) is -1.79. The normalized spacial score (nSPS) is 18.5. The highest BCUT2D eigenvalue weighted by molar-refractivity contribution is 7.89. The van der Waals surface area contributed by atoms with Crippen LogP contribution in [0.5, 0.6) is 0 Å². The van der Waals surface area contributed by atoms with Crippen molar-refractivity contribution in [2.24, 2.45) is 0 Å². The number of hydrogen-bond donors (Lipinski definition) is 1. The number of piperidine rings is 1. The number of sulfonamides is 1. The average molecular weight is 336 g/mol. The molecule has 1 saturated heterocycles. The van der Waals surface area contributed by atoms with E-state index >= 15 is 0 Å². The van der Waals surface area contributed by atoms with E-state index in [9.17, 15) is 21.6 Å². The number of nitrogens with zero attached hydrogens (tertiary/aromatic N) is 1. The Morgan fingerprint density at radius 2 is 1.73 bits per heavy atom. The molecule has 1 N–H and O–H groups in total. The first-order chi connectivity index (χ1) is 10.2. The van der Waals surface area contributed by atoms with Crippen LogP contribution in [-0.4, -0.2) is 45.1 Å². The molecule has 2 rings (SSSR count). The van der Waals surface area contributed by atoms with Crippen molar-refractivity contribution in [1.82, 2.24) is 9.62 Å². The van der Waals surface area contributed by atoms with Gasteiger partial charge in [0.25, 0.3) is 0 Å². The SMILES string of the molecule is CNC1CCN(S(=O)(=O)c2ccc(CC(F)(F)F)cc2)CC1. The van der Waals surface area contributed by atoms with Crippen molar-refractivity contribution in [2.45, 2.75) is 36.4 Å². The van der Waals surface area contributed by atoms with Crippen LogP contribution in [0.3, 0.4) is 0 Å². The Morgan fingerprint density at radius 3 is 2.18 bits per heavy atom. The number of halogens is 3. The molecule has 8 heteroatoms. The topological polar surface area (TPSA) is 49.4 Å². The fourth-order valence-electron chi connectivity index (χ4n) is 2.54. The zero-order valence-electron chi connectivity index (χ0n) is 12.2. The molecule has 124 valence electrons. The molecule has 1 aliphatic heterocycles. The van der Waals surface area contributed by atoms with E-state index in [1.54, 1.807) is 0 Å². The molecule has 0 unspecified atom stereocenters. The maximum atomic E-state index is 12.5. The van der Waals surface area contributed by atoms with Gasteiger partial charge in [-0.15, -0.1) is 0 Å². The Balaban J connectivity index is 2.10. The molecule has 4 nitrogen and oxygen atoms in total. The van der Waals surface area contributed by atoms with Crippen LogP contribution in [0.1, 0.15) is 18.4 Å². The Morgan fingerprint density at radius 1 is 1.18 bits per heavy atom.